The first-order valence-electron chi connectivity index (χ1n) is 9.53. The highest BCUT2D eigenvalue weighted by molar-refractivity contribution is 5.91. The van der Waals surface area contributed by atoms with Crippen LogP contribution in [0.3, 0.4) is 0 Å². The van der Waals surface area contributed by atoms with Crippen molar-refractivity contribution in [2.75, 3.05) is 6.54 Å². The van der Waals surface area contributed by atoms with Crippen LogP contribution in [0.25, 0.3) is 0 Å². The largest absolute Gasteiger partial charge is 0.343 e. The lowest BCUT2D eigenvalue weighted by molar-refractivity contribution is 0.0944. The Morgan fingerprint density at radius 1 is 1.31 bits per heavy atom. The zero-order valence-electron chi connectivity index (χ0n) is 14.9. The van der Waals surface area contributed by atoms with Gasteiger partial charge in [0.05, 0.1) is 12.7 Å². The van der Waals surface area contributed by atoms with Gasteiger partial charge in [-0.1, -0.05) is 11.6 Å². The molecule has 2 N–H and O–H groups in total. The molecule has 2 aliphatic rings. The van der Waals surface area contributed by atoms with E-state index in [4.69, 9.17) is 0 Å². The average Bonchev–Trinajstić information content (AvgIpc) is 3.34. The van der Waals surface area contributed by atoms with Gasteiger partial charge in [-0.15, -0.1) is 5.10 Å². The van der Waals surface area contributed by atoms with Crippen molar-refractivity contribution in [2.24, 2.45) is 0 Å². The molecule has 26 heavy (non-hydrogen) atoms. The predicted octanol–water partition coefficient (Wildman–Crippen LogP) is 1.02. The molecule has 1 saturated heterocycles. The third-order valence-electron chi connectivity index (χ3n) is 5.16. The number of fused-ring (bicyclic) bond motifs is 1. The second-order valence-electron chi connectivity index (χ2n) is 7.10. The molecule has 3 heterocycles. The average molecular weight is 355 g/mol. The SMILES string of the molecule is O=C(NCc1ncc2c(n1)CCC2)c1cn(CC[C@@H]2CCCCN2)nn1. The summed E-state index contributed by atoms with van der Waals surface area (Å²) in [6.45, 7) is 2.18. The normalized spacial score (nSPS) is 19.3. The molecule has 8 heteroatoms. The monoisotopic (exact) mass is 355 g/mol. The minimum atomic E-state index is -0.240. The van der Waals surface area contributed by atoms with Gasteiger partial charge in [-0.3, -0.25) is 9.48 Å². The van der Waals surface area contributed by atoms with Crippen LogP contribution in [-0.2, 0) is 25.9 Å². The number of piperidine rings is 1. The Bertz CT molecular complexity index is 767. The third kappa shape index (κ3) is 4.07. The molecule has 0 unspecified atom stereocenters. The van der Waals surface area contributed by atoms with Crippen LogP contribution in [-0.4, -0.2) is 43.5 Å². The van der Waals surface area contributed by atoms with Crippen molar-refractivity contribution in [1.82, 2.24) is 35.6 Å². The molecule has 8 nitrogen and oxygen atoms in total. The third-order valence-corrected chi connectivity index (χ3v) is 5.16. The van der Waals surface area contributed by atoms with E-state index in [2.05, 4.69) is 30.9 Å². The van der Waals surface area contributed by atoms with Crippen LogP contribution in [0.2, 0.25) is 0 Å². The molecule has 1 amide bonds. The van der Waals surface area contributed by atoms with Gasteiger partial charge < -0.3 is 10.6 Å². The first-order chi connectivity index (χ1) is 12.8. The number of aryl methyl sites for hydroxylation is 3. The summed E-state index contributed by atoms with van der Waals surface area (Å²) in [5, 5.41) is 14.4. The number of rotatable bonds is 6. The molecule has 2 aromatic heterocycles. The maximum Gasteiger partial charge on any atom is 0.273 e. The van der Waals surface area contributed by atoms with Gasteiger partial charge in [0, 0.05) is 24.5 Å². The Kier molecular flexibility index (Phi) is 5.19. The van der Waals surface area contributed by atoms with Gasteiger partial charge in [0.1, 0.15) is 5.82 Å². The summed E-state index contributed by atoms with van der Waals surface area (Å²) in [5.74, 6) is 0.408. The van der Waals surface area contributed by atoms with E-state index < -0.39 is 0 Å². The van der Waals surface area contributed by atoms with Crippen LogP contribution >= 0.6 is 0 Å². The molecular formula is C18H25N7O. The van der Waals surface area contributed by atoms with Crippen molar-refractivity contribution in [2.45, 2.75) is 64.1 Å². The van der Waals surface area contributed by atoms with Gasteiger partial charge in [-0.05, 0) is 50.6 Å². The van der Waals surface area contributed by atoms with Gasteiger partial charge in [0.2, 0.25) is 0 Å². The Balaban J connectivity index is 1.27. The van der Waals surface area contributed by atoms with E-state index in [1.54, 1.807) is 10.9 Å². The van der Waals surface area contributed by atoms with Crippen LogP contribution < -0.4 is 10.6 Å². The molecule has 0 aromatic carbocycles. The van der Waals surface area contributed by atoms with E-state index in [1.807, 2.05) is 6.20 Å². The van der Waals surface area contributed by atoms with E-state index in [0.29, 0.717) is 24.1 Å². The van der Waals surface area contributed by atoms with Crippen molar-refractivity contribution in [3.63, 3.8) is 0 Å². The highest BCUT2D eigenvalue weighted by atomic mass is 16.2. The maximum atomic E-state index is 12.3. The fraction of sp³-hybridized carbons (Fsp3) is 0.611. The standard InChI is InChI=1S/C18H25N7O/c26-18(21-11-17-20-10-13-4-3-6-15(13)22-17)16-12-25(24-23-16)9-7-14-5-1-2-8-19-14/h10,12,14,19H,1-9,11H2,(H,21,26)/t14-/m0/s1. The van der Waals surface area contributed by atoms with Crippen molar-refractivity contribution < 1.29 is 4.79 Å². The van der Waals surface area contributed by atoms with Gasteiger partial charge >= 0.3 is 0 Å². The minimum Gasteiger partial charge on any atom is -0.343 e. The Labute approximate surface area is 152 Å². The smallest absolute Gasteiger partial charge is 0.273 e. The number of carbonyl (C=O) groups is 1. The van der Waals surface area contributed by atoms with Gasteiger partial charge in [0.15, 0.2) is 5.69 Å². The topological polar surface area (TPSA) is 97.6 Å². The summed E-state index contributed by atoms with van der Waals surface area (Å²) in [7, 11) is 0. The molecule has 1 aliphatic heterocycles. The van der Waals surface area contributed by atoms with Gasteiger partial charge in [-0.25, -0.2) is 9.97 Å². The van der Waals surface area contributed by atoms with Crippen molar-refractivity contribution in [1.29, 1.82) is 0 Å². The lowest BCUT2D eigenvalue weighted by Crippen LogP contribution is -2.34. The Morgan fingerprint density at radius 3 is 3.15 bits per heavy atom. The van der Waals surface area contributed by atoms with Crippen LogP contribution in [0.5, 0.6) is 0 Å². The lowest BCUT2D eigenvalue weighted by Gasteiger charge is -2.23. The summed E-state index contributed by atoms with van der Waals surface area (Å²) >= 11 is 0. The molecule has 0 bridgehead atoms. The zero-order chi connectivity index (χ0) is 17.8. The summed E-state index contributed by atoms with van der Waals surface area (Å²) < 4.78 is 1.75. The van der Waals surface area contributed by atoms with E-state index in [1.165, 1.54) is 24.8 Å². The fourth-order valence-corrected chi connectivity index (χ4v) is 3.66. The molecule has 1 atom stereocenters. The molecule has 2 aromatic rings. The van der Waals surface area contributed by atoms with Crippen molar-refractivity contribution in [3.05, 3.63) is 35.2 Å². The molecule has 0 spiro atoms. The summed E-state index contributed by atoms with van der Waals surface area (Å²) in [5.41, 5.74) is 2.68. The van der Waals surface area contributed by atoms with Crippen LogP contribution in [0.15, 0.2) is 12.4 Å². The first kappa shape index (κ1) is 17.1. The van der Waals surface area contributed by atoms with E-state index in [9.17, 15) is 4.79 Å². The lowest BCUT2D eigenvalue weighted by atomic mass is 10.0. The van der Waals surface area contributed by atoms with Crippen LogP contribution in [0.4, 0.5) is 0 Å². The summed E-state index contributed by atoms with van der Waals surface area (Å²) in [6, 6.07) is 0.544. The predicted molar refractivity (Wildman–Crippen MR) is 95.5 cm³/mol. The number of hydrogen-bond acceptors (Lipinski definition) is 6. The van der Waals surface area contributed by atoms with Crippen molar-refractivity contribution >= 4 is 5.91 Å². The molecular weight excluding hydrogens is 330 g/mol. The summed E-state index contributed by atoms with van der Waals surface area (Å²) in [6.07, 6.45) is 11.6. The number of hydrogen-bond donors (Lipinski definition) is 2. The number of nitrogens with zero attached hydrogens (tertiary/aromatic N) is 5. The highest BCUT2D eigenvalue weighted by Crippen LogP contribution is 2.18. The van der Waals surface area contributed by atoms with Crippen molar-refractivity contribution in [3.8, 4) is 0 Å². The molecule has 1 aliphatic carbocycles. The quantitative estimate of drug-likeness (QED) is 0.803. The number of aromatic nitrogens is 5. The van der Waals surface area contributed by atoms with Gasteiger partial charge in [0.25, 0.3) is 5.91 Å². The Hall–Kier alpha value is -2.35. The number of carbonyl (C=O) groups excluding carboxylic acids is 1. The molecule has 1 fully saturated rings. The van der Waals surface area contributed by atoms with E-state index in [-0.39, 0.29) is 5.91 Å². The van der Waals surface area contributed by atoms with Crippen LogP contribution in [0, 0.1) is 0 Å². The van der Waals surface area contributed by atoms with E-state index >= 15 is 0 Å². The fourth-order valence-electron chi connectivity index (χ4n) is 3.66. The first-order valence-corrected chi connectivity index (χ1v) is 9.53. The molecule has 138 valence electrons. The molecule has 0 radical (unpaired) electrons. The van der Waals surface area contributed by atoms with E-state index in [0.717, 1.165) is 44.5 Å². The Morgan fingerprint density at radius 2 is 2.27 bits per heavy atom. The summed E-state index contributed by atoms with van der Waals surface area (Å²) in [4.78, 5) is 21.1. The number of nitrogens with one attached hydrogen (secondary N) is 2. The zero-order valence-corrected chi connectivity index (χ0v) is 14.9. The second kappa shape index (κ2) is 7.90. The minimum absolute atomic E-state index is 0.240. The van der Waals surface area contributed by atoms with Gasteiger partial charge in [-0.2, -0.15) is 0 Å². The van der Waals surface area contributed by atoms with Crippen LogP contribution in [0.1, 0.15) is 59.7 Å². The molecule has 4 rings (SSSR count). The highest BCUT2D eigenvalue weighted by Gasteiger charge is 2.16. The maximum absolute atomic E-state index is 12.3. The second-order valence-corrected chi connectivity index (χ2v) is 7.10. The molecule has 0 saturated carbocycles. The number of amides is 1.